The summed E-state index contributed by atoms with van der Waals surface area (Å²) < 4.78 is 0. The van der Waals surface area contributed by atoms with Gasteiger partial charge in [0.15, 0.2) is 16.5 Å². The first-order chi connectivity index (χ1) is 9.86. The van der Waals surface area contributed by atoms with E-state index in [9.17, 15) is 0 Å². The van der Waals surface area contributed by atoms with Crippen molar-refractivity contribution in [1.82, 2.24) is 25.4 Å². The number of aromatic amines is 1. The number of fused-ring (bicyclic) bond motifs is 1. The Kier molecular flexibility index (Phi) is 4.34. The van der Waals surface area contributed by atoms with Gasteiger partial charge in [0.05, 0.1) is 0 Å². The number of hydrogen-bond acceptors (Lipinski definition) is 6. The van der Waals surface area contributed by atoms with E-state index in [4.69, 9.17) is 0 Å². The number of aromatic nitrogens is 5. The fourth-order valence-electron chi connectivity index (χ4n) is 2.44. The molecular weight excluding hydrogens is 272 g/mol. The molecule has 0 bridgehead atoms. The van der Waals surface area contributed by atoms with Gasteiger partial charge in [-0.25, -0.2) is 4.98 Å². The van der Waals surface area contributed by atoms with Crippen LogP contribution in [0.4, 0.5) is 5.82 Å². The summed E-state index contributed by atoms with van der Waals surface area (Å²) in [6, 6.07) is 0. The predicted molar refractivity (Wildman–Crippen MR) is 81.0 cm³/mol. The largest absolute Gasteiger partial charge is 0.368 e. The molecule has 2 aromatic rings. The van der Waals surface area contributed by atoms with Crippen LogP contribution in [0, 0.1) is 0 Å². The SMILES string of the molecule is CCCCNc1nc(SC2CCCC2)nc2n[nH]nc12. The molecule has 1 fully saturated rings. The summed E-state index contributed by atoms with van der Waals surface area (Å²) in [5, 5.41) is 15.7. The van der Waals surface area contributed by atoms with Crippen molar-refractivity contribution in [2.45, 2.75) is 55.9 Å². The van der Waals surface area contributed by atoms with Crippen molar-refractivity contribution in [3.63, 3.8) is 0 Å². The number of H-pyrrole nitrogens is 1. The molecule has 2 aromatic heterocycles. The van der Waals surface area contributed by atoms with Crippen LogP contribution in [0.25, 0.3) is 11.2 Å². The zero-order valence-electron chi connectivity index (χ0n) is 11.7. The first kappa shape index (κ1) is 13.6. The maximum Gasteiger partial charge on any atom is 0.207 e. The molecule has 1 aliphatic rings. The molecule has 2 N–H and O–H groups in total. The van der Waals surface area contributed by atoms with Gasteiger partial charge in [0.1, 0.15) is 0 Å². The summed E-state index contributed by atoms with van der Waals surface area (Å²) in [6.07, 6.45) is 7.46. The molecule has 3 rings (SSSR count). The lowest BCUT2D eigenvalue weighted by atomic mass is 10.3. The van der Waals surface area contributed by atoms with E-state index in [1.165, 1.54) is 25.7 Å². The summed E-state index contributed by atoms with van der Waals surface area (Å²) in [7, 11) is 0. The van der Waals surface area contributed by atoms with Crippen LogP contribution in [0.1, 0.15) is 45.4 Å². The van der Waals surface area contributed by atoms with Gasteiger partial charge in [-0.1, -0.05) is 37.9 Å². The normalized spacial score (nSPS) is 16.1. The second kappa shape index (κ2) is 6.39. The maximum atomic E-state index is 4.63. The number of rotatable bonds is 6. The summed E-state index contributed by atoms with van der Waals surface area (Å²) in [4.78, 5) is 9.12. The Balaban J connectivity index is 1.80. The molecule has 0 aromatic carbocycles. The lowest BCUT2D eigenvalue weighted by Crippen LogP contribution is -2.06. The number of thioether (sulfide) groups is 1. The summed E-state index contributed by atoms with van der Waals surface area (Å²) in [6.45, 7) is 3.08. The zero-order chi connectivity index (χ0) is 13.8. The van der Waals surface area contributed by atoms with Gasteiger partial charge in [0, 0.05) is 11.8 Å². The highest BCUT2D eigenvalue weighted by Crippen LogP contribution is 2.34. The standard InChI is InChI=1S/C13H20N6S/c1-2-3-8-14-11-10-12(18-19-17-10)16-13(15-11)20-9-6-4-5-7-9/h9H,2-8H2,1H3,(H2,14,15,16,17,18,19). The average Bonchev–Trinajstić information content (AvgIpc) is 3.10. The van der Waals surface area contributed by atoms with Crippen LogP contribution in [0.2, 0.25) is 0 Å². The van der Waals surface area contributed by atoms with Gasteiger partial charge < -0.3 is 5.32 Å². The van der Waals surface area contributed by atoms with Crippen molar-refractivity contribution in [3.05, 3.63) is 0 Å². The molecule has 0 amide bonds. The molecule has 20 heavy (non-hydrogen) atoms. The molecule has 6 nitrogen and oxygen atoms in total. The first-order valence-electron chi connectivity index (χ1n) is 7.36. The third-order valence-electron chi connectivity index (χ3n) is 3.56. The maximum absolute atomic E-state index is 4.63. The van der Waals surface area contributed by atoms with E-state index in [2.05, 4.69) is 37.6 Å². The van der Waals surface area contributed by atoms with Crippen LogP contribution in [-0.2, 0) is 0 Å². The smallest absolute Gasteiger partial charge is 0.207 e. The number of anilines is 1. The third-order valence-corrected chi connectivity index (χ3v) is 4.76. The molecule has 1 saturated carbocycles. The van der Waals surface area contributed by atoms with Crippen molar-refractivity contribution in [1.29, 1.82) is 0 Å². The van der Waals surface area contributed by atoms with Gasteiger partial charge in [0.2, 0.25) is 5.65 Å². The highest BCUT2D eigenvalue weighted by molar-refractivity contribution is 7.99. The molecule has 0 unspecified atom stereocenters. The Labute approximate surface area is 122 Å². The molecule has 0 spiro atoms. The van der Waals surface area contributed by atoms with Gasteiger partial charge in [-0.05, 0) is 19.3 Å². The van der Waals surface area contributed by atoms with Gasteiger partial charge in [-0.15, -0.1) is 5.10 Å². The van der Waals surface area contributed by atoms with Crippen LogP contribution in [0.3, 0.4) is 0 Å². The fourth-order valence-corrected chi connectivity index (χ4v) is 3.59. The minimum atomic E-state index is 0.652. The average molecular weight is 292 g/mol. The Morgan fingerprint density at radius 3 is 2.90 bits per heavy atom. The van der Waals surface area contributed by atoms with E-state index in [1.807, 2.05) is 0 Å². The van der Waals surface area contributed by atoms with E-state index in [0.29, 0.717) is 10.9 Å². The van der Waals surface area contributed by atoms with Crippen molar-refractivity contribution < 1.29 is 0 Å². The van der Waals surface area contributed by atoms with Crippen LogP contribution in [-0.4, -0.2) is 37.2 Å². The number of unbranched alkanes of at least 4 members (excludes halogenated alkanes) is 1. The lowest BCUT2D eigenvalue weighted by Gasteiger charge is -2.09. The van der Waals surface area contributed by atoms with Crippen molar-refractivity contribution in [2.24, 2.45) is 0 Å². The first-order valence-corrected chi connectivity index (χ1v) is 8.24. The Hall–Kier alpha value is -1.37. The second-order valence-electron chi connectivity index (χ2n) is 5.16. The predicted octanol–water partition coefficient (Wildman–Crippen LogP) is 2.99. The quantitative estimate of drug-likeness (QED) is 0.629. The van der Waals surface area contributed by atoms with Crippen molar-refractivity contribution >= 4 is 28.7 Å². The molecule has 7 heteroatoms. The van der Waals surface area contributed by atoms with Crippen LogP contribution in [0.15, 0.2) is 5.16 Å². The zero-order valence-corrected chi connectivity index (χ0v) is 12.5. The van der Waals surface area contributed by atoms with E-state index in [-0.39, 0.29) is 0 Å². The molecule has 0 atom stereocenters. The molecule has 0 aliphatic heterocycles. The summed E-state index contributed by atoms with van der Waals surface area (Å²) in [5.41, 5.74) is 1.39. The number of nitrogens with zero attached hydrogens (tertiary/aromatic N) is 4. The highest BCUT2D eigenvalue weighted by atomic mass is 32.2. The highest BCUT2D eigenvalue weighted by Gasteiger charge is 2.19. The van der Waals surface area contributed by atoms with Crippen molar-refractivity contribution in [3.8, 4) is 0 Å². The van der Waals surface area contributed by atoms with Crippen LogP contribution in [0.5, 0.6) is 0 Å². The van der Waals surface area contributed by atoms with Gasteiger partial charge in [0.25, 0.3) is 0 Å². The molecule has 1 aliphatic carbocycles. The molecule has 0 radical (unpaired) electrons. The lowest BCUT2D eigenvalue weighted by molar-refractivity contribution is 0.826. The van der Waals surface area contributed by atoms with E-state index < -0.39 is 0 Å². The van der Waals surface area contributed by atoms with E-state index >= 15 is 0 Å². The Morgan fingerprint density at radius 2 is 2.10 bits per heavy atom. The monoisotopic (exact) mass is 292 g/mol. The Morgan fingerprint density at radius 1 is 1.25 bits per heavy atom. The molecule has 2 heterocycles. The summed E-state index contributed by atoms with van der Waals surface area (Å²) >= 11 is 1.78. The van der Waals surface area contributed by atoms with E-state index in [0.717, 1.165) is 35.9 Å². The minimum absolute atomic E-state index is 0.652. The van der Waals surface area contributed by atoms with Gasteiger partial charge in [-0.3, -0.25) is 0 Å². The fraction of sp³-hybridized carbons (Fsp3) is 0.692. The number of nitrogens with one attached hydrogen (secondary N) is 2. The van der Waals surface area contributed by atoms with Crippen LogP contribution >= 0.6 is 11.8 Å². The van der Waals surface area contributed by atoms with Crippen LogP contribution < -0.4 is 5.32 Å². The minimum Gasteiger partial charge on any atom is -0.368 e. The van der Waals surface area contributed by atoms with E-state index in [1.54, 1.807) is 11.8 Å². The molecule has 108 valence electrons. The summed E-state index contributed by atoms with van der Waals surface area (Å²) in [5.74, 6) is 0.803. The topological polar surface area (TPSA) is 79.4 Å². The molecule has 0 saturated heterocycles. The molecular formula is C13H20N6S. The second-order valence-corrected chi connectivity index (χ2v) is 6.42. The number of hydrogen-bond donors (Lipinski definition) is 2. The third kappa shape index (κ3) is 3.03. The van der Waals surface area contributed by atoms with Crippen molar-refractivity contribution in [2.75, 3.05) is 11.9 Å². The van der Waals surface area contributed by atoms with Gasteiger partial charge in [-0.2, -0.15) is 15.3 Å². The Bertz CT molecular complexity index is 563. The van der Waals surface area contributed by atoms with Gasteiger partial charge >= 0.3 is 0 Å².